The normalized spacial score (nSPS) is 16.6. The van der Waals surface area contributed by atoms with Gasteiger partial charge in [-0.1, -0.05) is 60.7 Å². The van der Waals surface area contributed by atoms with E-state index < -0.39 is 5.97 Å². The zero-order chi connectivity index (χ0) is 20.1. The summed E-state index contributed by atoms with van der Waals surface area (Å²) in [4.78, 5) is 22.7. The molecule has 3 aromatic rings. The van der Waals surface area contributed by atoms with Crippen LogP contribution in [0.4, 0.5) is 5.82 Å². The number of piperidine rings is 1. The largest absolute Gasteiger partial charge is 0.480 e. The predicted molar refractivity (Wildman–Crippen MR) is 112 cm³/mol. The van der Waals surface area contributed by atoms with Gasteiger partial charge in [0.1, 0.15) is 12.4 Å². The second kappa shape index (κ2) is 8.84. The summed E-state index contributed by atoms with van der Waals surface area (Å²) < 4.78 is 5.51. The summed E-state index contributed by atoms with van der Waals surface area (Å²) in [5.74, 6) is -0.160. The van der Waals surface area contributed by atoms with Gasteiger partial charge in [0.05, 0.1) is 23.7 Å². The summed E-state index contributed by atoms with van der Waals surface area (Å²) in [6, 6.07) is 20.1. The van der Waals surface area contributed by atoms with Gasteiger partial charge in [-0.3, -0.25) is 4.98 Å². The van der Waals surface area contributed by atoms with Gasteiger partial charge in [0.2, 0.25) is 0 Å². The molecular formula is C23H23N3O3. The van der Waals surface area contributed by atoms with Crippen LogP contribution in [0.5, 0.6) is 0 Å². The minimum atomic E-state index is -0.944. The molecule has 2 aromatic carbocycles. The van der Waals surface area contributed by atoms with Crippen LogP contribution >= 0.6 is 0 Å². The van der Waals surface area contributed by atoms with Crippen molar-refractivity contribution in [2.24, 2.45) is 0 Å². The molecule has 0 spiro atoms. The highest BCUT2D eigenvalue weighted by Crippen LogP contribution is 2.31. The third kappa shape index (κ3) is 4.60. The zero-order valence-electron chi connectivity index (χ0n) is 16.1. The van der Waals surface area contributed by atoms with E-state index in [2.05, 4.69) is 4.90 Å². The number of nitrogens with zero attached hydrogens (tertiary/aromatic N) is 3. The summed E-state index contributed by atoms with van der Waals surface area (Å²) in [6.45, 7) is 1.19. The van der Waals surface area contributed by atoms with E-state index in [1.165, 1.54) is 0 Å². The fourth-order valence-corrected chi connectivity index (χ4v) is 3.61. The Morgan fingerprint density at radius 1 is 1.03 bits per heavy atom. The van der Waals surface area contributed by atoms with Crippen molar-refractivity contribution in [2.45, 2.75) is 18.9 Å². The number of rotatable bonds is 6. The van der Waals surface area contributed by atoms with Crippen LogP contribution in [0.15, 0.2) is 66.9 Å². The highest BCUT2D eigenvalue weighted by atomic mass is 16.5. The molecule has 1 atom stereocenters. The topological polar surface area (TPSA) is 75.6 Å². The monoisotopic (exact) mass is 389 g/mol. The van der Waals surface area contributed by atoms with E-state index in [9.17, 15) is 4.79 Å². The number of ether oxygens (including phenoxy) is 1. The van der Waals surface area contributed by atoms with Gasteiger partial charge >= 0.3 is 5.97 Å². The molecule has 0 amide bonds. The maximum atomic E-state index is 10.8. The molecule has 1 saturated heterocycles. The minimum Gasteiger partial charge on any atom is -0.480 e. The lowest BCUT2D eigenvalue weighted by molar-refractivity contribution is -0.144. The molecule has 1 aromatic heterocycles. The van der Waals surface area contributed by atoms with Gasteiger partial charge in [0.25, 0.3) is 0 Å². The number of aromatic nitrogens is 2. The number of carboxylic acid groups (broad SMARTS) is 1. The SMILES string of the molecule is O=C(O)CO[C@H]1CCCN(c2cnc(-c3ccccc3)c(-c3ccccc3)n2)C1. The lowest BCUT2D eigenvalue weighted by Gasteiger charge is -2.33. The fraction of sp³-hybridized carbons (Fsp3) is 0.261. The van der Waals surface area contributed by atoms with Crippen molar-refractivity contribution < 1.29 is 14.6 Å². The van der Waals surface area contributed by atoms with Crippen molar-refractivity contribution in [3.63, 3.8) is 0 Å². The first-order valence-corrected chi connectivity index (χ1v) is 9.77. The Hall–Kier alpha value is -3.25. The van der Waals surface area contributed by atoms with Gasteiger partial charge in [-0.2, -0.15) is 0 Å². The van der Waals surface area contributed by atoms with Gasteiger partial charge in [0, 0.05) is 24.2 Å². The first-order chi connectivity index (χ1) is 14.2. The molecule has 0 bridgehead atoms. The van der Waals surface area contributed by atoms with E-state index in [-0.39, 0.29) is 12.7 Å². The van der Waals surface area contributed by atoms with E-state index in [1.807, 2.05) is 60.7 Å². The van der Waals surface area contributed by atoms with Gasteiger partial charge < -0.3 is 14.7 Å². The van der Waals surface area contributed by atoms with Crippen LogP contribution in [0.2, 0.25) is 0 Å². The van der Waals surface area contributed by atoms with Gasteiger partial charge in [-0.05, 0) is 12.8 Å². The average molecular weight is 389 g/mol. The van der Waals surface area contributed by atoms with Crippen LogP contribution in [0, 0.1) is 0 Å². The van der Waals surface area contributed by atoms with Crippen LogP contribution in [-0.2, 0) is 9.53 Å². The maximum Gasteiger partial charge on any atom is 0.329 e. The number of anilines is 1. The quantitative estimate of drug-likeness (QED) is 0.690. The van der Waals surface area contributed by atoms with Crippen LogP contribution in [0.3, 0.4) is 0 Å². The lowest BCUT2D eigenvalue weighted by Crippen LogP contribution is -2.41. The number of carbonyl (C=O) groups is 1. The van der Waals surface area contributed by atoms with Gasteiger partial charge in [-0.15, -0.1) is 0 Å². The lowest BCUT2D eigenvalue weighted by atomic mass is 10.0. The van der Waals surface area contributed by atoms with E-state index >= 15 is 0 Å². The molecule has 2 heterocycles. The molecule has 0 aliphatic carbocycles. The van der Waals surface area contributed by atoms with Crippen molar-refractivity contribution in [1.82, 2.24) is 9.97 Å². The van der Waals surface area contributed by atoms with Crippen LogP contribution in [-0.4, -0.2) is 46.8 Å². The molecule has 0 unspecified atom stereocenters. The molecule has 4 rings (SSSR count). The van der Waals surface area contributed by atoms with Gasteiger partial charge in [0.15, 0.2) is 0 Å². The van der Waals surface area contributed by atoms with Crippen molar-refractivity contribution in [3.8, 4) is 22.5 Å². The van der Waals surface area contributed by atoms with Gasteiger partial charge in [-0.25, -0.2) is 9.78 Å². The number of aliphatic carboxylic acids is 1. The summed E-state index contributed by atoms with van der Waals surface area (Å²) in [5.41, 5.74) is 3.71. The molecule has 29 heavy (non-hydrogen) atoms. The number of benzene rings is 2. The molecule has 0 saturated carbocycles. The van der Waals surface area contributed by atoms with E-state index in [1.54, 1.807) is 6.20 Å². The Morgan fingerprint density at radius 3 is 2.34 bits per heavy atom. The van der Waals surface area contributed by atoms with Crippen molar-refractivity contribution >= 4 is 11.8 Å². The number of hydrogen-bond acceptors (Lipinski definition) is 5. The Balaban J connectivity index is 1.66. The second-order valence-corrected chi connectivity index (χ2v) is 7.07. The highest BCUT2D eigenvalue weighted by molar-refractivity contribution is 5.78. The van der Waals surface area contributed by atoms with Crippen molar-refractivity contribution in [3.05, 3.63) is 66.9 Å². The molecular weight excluding hydrogens is 366 g/mol. The zero-order valence-corrected chi connectivity index (χ0v) is 16.1. The minimum absolute atomic E-state index is 0.115. The Labute approximate surface area is 169 Å². The highest BCUT2D eigenvalue weighted by Gasteiger charge is 2.23. The van der Waals surface area contributed by atoms with E-state index in [0.29, 0.717) is 6.54 Å². The fourth-order valence-electron chi connectivity index (χ4n) is 3.61. The second-order valence-electron chi connectivity index (χ2n) is 7.07. The molecule has 6 nitrogen and oxygen atoms in total. The molecule has 6 heteroatoms. The smallest absolute Gasteiger partial charge is 0.329 e. The number of carboxylic acids is 1. The summed E-state index contributed by atoms with van der Waals surface area (Å²) in [6.07, 6.45) is 3.46. The van der Waals surface area contributed by atoms with Crippen LogP contribution < -0.4 is 4.90 Å². The standard InChI is InChI=1S/C23H23N3O3/c27-21(28)16-29-19-12-7-13-26(15-19)20-14-24-22(17-8-3-1-4-9-17)23(25-20)18-10-5-2-6-11-18/h1-6,8-11,14,19H,7,12-13,15-16H2,(H,27,28)/t19-/m0/s1. The third-order valence-corrected chi connectivity index (χ3v) is 5.00. The van der Waals surface area contributed by atoms with E-state index in [0.717, 1.165) is 47.7 Å². The summed E-state index contributed by atoms with van der Waals surface area (Å²) in [7, 11) is 0. The Kier molecular flexibility index (Phi) is 5.81. The first kappa shape index (κ1) is 19.1. The third-order valence-electron chi connectivity index (χ3n) is 5.00. The molecule has 0 radical (unpaired) electrons. The Morgan fingerprint density at radius 2 is 1.69 bits per heavy atom. The van der Waals surface area contributed by atoms with Crippen molar-refractivity contribution in [1.29, 1.82) is 0 Å². The molecule has 1 fully saturated rings. The molecule has 148 valence electrons. The molecule has 1 aliphatic heterocycles. The Bertz CT molecular complexity index is 964. The van der Waals surface area contributed by atoms with Crippen LogP contribution in [0.1, 0.15) is 12.8 Å². The molecule has 1 N–H and O–H groups in total. The van der Waals surface area contributed by atoms with E-state index in [4.69, 9.17) is 19.8 Å². The first-order valence-electron chi connectivity index (χ1n) is 9.77. The number of hydrogen-bond donors (Lipinski definition) is 1. The summed E-state index contributed by atoms with van der Waals surface area (Å²) >= 11 is 0. The maximum absolute atomic E-state index is 10.8. The average Bonchev–Trinajstić information content (AvgIpc) is 2.79. The predicted octanol–water partition coefficient (Wildman–Crippen LogP) is 3.88. The van der Waals surface area contributed by atoms with Crippen molar-refractivity contribution in [2.75, 3.05) is 24.6 Å². The van der Waals surface area contributed by atoms with Crippen LogP contribution in [0.25, 0.3) is 22.5 Å². The molecule has 1 aliphatic rings. The summed E-state index contributed by atoms with van der Waals surface area (Å²) in [5, 5.41) is 8.87.